The first-order chi connectivity index (χ1) is 7.79. The maximum absolute atomic E-state index is 11.4. The van der Waals surface area contributed by atoms with Crippen LogP contribution in [0.1, 0.15) is 15.9 Å². The number of benzene rings is 1. The molecule has 1 aromatic carbocycles. The van der Waals surface area contributed by atoms with Gasteiger partial charge in [0, 0.05) is 0 Å². The van der Waals surface area contributed by atoms with Crippen molar-refractivity contribution < 1.29 is 27.6 Å². The summed E-state index contributed by atoms with van der Waals surface area (Å²) >= 11 is 0. The Balaban J connectivity index is 2.61. The molecule has 1 aromatic rings. The Morgan fingerprint density at radius 1 is 1.41 bits per heavy atom. The standard InChI is InChI=1S/C10H12O6S/c1-7-2-3-8(6-9(7)11)10(12)16-4-5-17(13,14)15/h2-3,6,11H,4-5H2,1H3,(H,13,14,15). The van der Waals surface area contributed by atoms with Crippen molar-refractivity contribution in [3.63, 3.8) is 0 Å². The van der Waals surface area contributed by atoms with E-state index in [9.17, 15) is 18.3 Å². The maximum Gasteiger partial charge on any atom is 0.338 e. The zero-order valence-electron chi connectivity index (χ0n) is 9.08. The lowest BCUT2D eigenvalue weighted by atomic mass is 10.1. The van der Waals surface area contributed by atoms with Gasteiger partial charge in [0.25, 0.3) is 10.1 Å². The minimum atomic E-state index is -4.14. The highest BCUT2D eigenvalue weighted by molar-refractivity contribution is 7.85. The Morgan fingerprint density at radius 3 is 2.59 bits per heavy atom. The molecule has 6 nitrogen and oxygen atoms in total. The molecular weight excluding hydrogens is 248 g/mol. The molecule has 0 fully saturated rings. The lowest BCUT2D eigenvalue weighted by Crippen LogP contribution is -2.14. The molecule has 0 aliphatic heterocycles. The SMILES string of the molecule is Cc1ccc(C(=O)OCCS(=O)(=O)O)cc1O. The fraction of sp³-hybridized carbons (Fsp3) is 0.300. The molecule has 2 N–H and O–H groups in total. The number of carbonyl (C=O) groups is 1. The molecule has 0 aliphatic rings. The lowest BCUT2D eigenvalue weighted by molar-refractivity contribution is 0.0528. The van der Waals surface area contributed by atoms with Crippen LogP contribution in [0.25, 0.3) is 0 Å². The molecule has 0 aromatic heterocycles. The van der Waals surface area contributed by atoms with E-state index in [1.54, 1.807) is 6.92 Å². The molecule has 0 amide bonds. The molecular formula is C10H12O6S. The van der Waals surface area contributed by atoms with Gasteiger partial charge in [-0.2, -0.15) is 8.42 Å². The highest BCUT2D eigenvalue weighted by atomic mass is 32.2. The van der Waals surface area contributed by atoms with Crippen molar-refractivity contribution >= 4 is 16.1 Å². The van der Waals surface area contributed by atoms with Crippen molar-refractivity contribution in [1.29, 1.82) is 0 Å². The second-order valence-corrected chi connectivity index (χ2v) is 5.00. The van der Waals surface area contributed by atoms with Crippen molar-refractivity contribution in [3.8, 4) is 5.75 Å². The summed E-state index contributed by atoms with van der Waals surface area (Å²) in [7, 11) is -4.14. The molecule has 0 atom stereocenters. The topological polar surface area (TPSA) is 101 Å². The molecule has 0 spiro atoms. The molecule has 0 heterocycles. The molecule has 1 rings (SSSR count). The van der Waals surface area contributed by atoms with E-state index in [0.717, 1.165) is 0 Å². The van der Waals surface area contributed by atoms with Gasteiger partial charge in [-0.25, -0.2) is 4.79 Å². The predicted octanol–water partition coefficient (Wildman–Crippen LogP) is 0.745. The fourth-order valence-electron chi connectivity index (χ4n) is 1.06. The summed E-state index contributed by atoms with van der Waals surface area (Å²) < 4.78 is 33.8. The van der Waals surface area contributed by atoms with Gasteiger partial charge in [0.05, 0.1) is 5.56 Å². The molecule has 7 heteroatoms. The first kappa shape index (κ1) is 13.5. The monoisotopic (exact) mass is 260 g/mol. The van der Waals surface area contributed by atoms with Crippen LogP contribution >= 0.6 is 0 Å². The van der Waals surface area contributed by atoms with Crippen LogP contribution in [-0.4, -0.2) is 36.4 Å². The number of aromatic hydroxyl groups is 1. The molecule has 17 heavy (non-hydrogen) atoms. The Hall–Kier alpha value is -1.60. The van der Waals surface area contributed by atoms with Crippen LogP contribution in [0.15, 0.2) is 18.2 Å². The normalized spacial score (nSPS) is 11.2. The van der Waals surface area contributed by atoms with Crippen LogP contribution in [0, 0.1) is 6.92 Å². The Kier molecular flexibility index (Phi) is 4.08. The van der Waals surface area contributed by atoms with E-state index >= 15 is 0 Å². The Bertz CT molecular complexity index is 520. The van der Waals surface area contributed by atoms with Crippen molar-refractivity contribution in [3.05, 3.63) is 29.3 Å². The van der Waals surface area contributed by atoms with E-state index in [1.807, 2.05) is 0 Å². The number of hydrogen-bond acceptors (Lipinski definition) is 5. The molecule has 0 bridgehead atoms. The quantitative estimate of drug-likeness (QED) is 0.611. The van der Waals surface area contributed by atoms with E-state index < -0.39 is 28.4 Å². The van der Waals surface area contributed by atoms with E-state index in [-0.39, 0.29) is 11.3 Å². The van der Waals surface area contributed by atoms with E-state index in [1.165, 1.54) is 18.2 Å². The van der Waals surface area contributed by atoms with Gasteiger partial charge in [0.2, 0.25) is 0 Å². The minimum absolute atomic E-state index is 0.0470. The van der Waals surface area contributed by atoms with E-state index in [4.69, 9.17) is 4.55 Å². The summed E-state index contributed by atoms with van der Waals surface area (Å²) in [6.45, 7) is 1.23. The van der Waals surface area contributed by atoms with Crippen LogP contribution in [0.3, 0.4) is 0 Å². The van der Waals surface area contributed by atoms with Gasteiger partial charge < -0.3 is 9.84 Å². The summed E-state index contributed by atoms with van der Waals surface area (Å²) in [5, 5.41) is 9.36. The largest absolute Gasteiger partial charge is 0.508 e. The average Bonchev–Trinajstić information content (AvgIpc) is 2.20. The third-order valence-corrected chi connectivity index (χ3v) is 2.70. The molecule has 0 saturated heterocycles. The highest BCUT2D eigenvalue weighted by Gasteiger charge is 2.11. The van der Waals surface area contributed by atoms with Gasteiger partial charge >= 0.3 is 5.97 Å². The second kappa shape index (κ2) is 5.15. The van der Waals surface area contributed by atoms with Gasteiger partial charge in [0.1, 0.15) is 18.1 Å². The third-order valence-electron chi connectivity index (χ3n) is 2.02. The minimum Gasteiger partial charge on any atom is -0.508 e. The fourth-order valence-corrected chi connectivity index (χ4v) is 1.35. The summed E-state index contributed by atoms with van der Waals surface area (Å²) in [5.74, 6) is -1.46. The number of ether oxygens (including phenoxy) is 1. The molecule has 0 radical (unpaired) electrons. The summed E-state index contributed by atoms with van der Waals surface area (Å²) in [6, 6.07) is 4.21. The molecule has 0 unspecified atom stereocenters. The lowest BCUT2D eigenvalue weighted by Gasteiger charge is -2.05. The van der Waals surface area contributed by atoms with Crippen LogP contribution < -0.4 is 0 Å². The van der Waals surface area contributed by atoms with E-state index in [0.29, 0.717) is 5.56 Å². The number of phenolic OH excluding ortho intramolecular Hbond substituents is 1. The molecule has 94 valence electrons. The van der Waals surface area contributed by atoms with Crippen molar-refractivity contribution in [2.24, 2.45) is 0 Å². The van der Waals surface area contributed by atoms with E-state index in [2.05, 4.69) is 4.74 Å². The van der Waals surface area contributed by atoms with Gasteiger partial charge in [-0.1, -0.05) is 6.07 Å². The van der Waals surface area contributed by atoms with Crippen molar-refractivity contribution in [2.75, 3.05) is 12.4 Å². The number of hydrogen-bond donors (Lipinski definition) is 2. The number of carbonyl (C=O) groups excluding carboxylic acids is 1. The third kappa shape index (κ3) is 4.41. The number of rotatable bonds is 4. The molecule has 0 aliphatic carbocycles. The van der Waals surface area contributed by atoms with Gasteiger partial charge in [-0.15, -0.1) is 0 Å². The first-order valence-electron chi connectivity index (χ1n) is 4.71. The van der Waals surface area contributed by atoms with Crippen molar-refractivity contribution in [1.82, 2.24) is 0 Å². The Morgan fingerprint density at radius 2 is 2.06 bits per heavy atom. The summed E-state index contributed by atoms with van der Waals surface area (Å²) in [6.07, 6.45) is 0. The first-order valence-corrected chi connectivity index (χ1v) is 6.32. The maximum atomic E-state index is 11.4. The zero-order chi connectivity index (χ0) is 13.1. The smallest absolute Gasteiger partial charge is 0.338 e. The van der Waals surface area contributed by atoms with Gasteiger partial charge in [-0.05, 0) is 24.6 Å². The predicted molar refractivity (Wildman–Crippen MR) is 59.5 cm³/mol. The van der Waals surface area contributed by atoms with Gasteiger partial charge in [0.15, 0.2) is 0 Å². The van der Waals surface area contributed by atoms with Crippen LogP contribution in [0.2, 0.25) is 0 Å². The van der Waals surface area contributed by atoms with Crippen molar-refractivity contribution in [2.45, 2.75) is 6.92 Å². The highest BCUT2D eigenvalue weighted by Crippen LogP contribution is 2.17. The summed E-state index contributed by atoms with van der Waals surface area (Å²) in [5.41, 5.74) is 0.725. The second-order valence-electron chi connectivity index (χ2n) is 3.42. The van der Waals surface area contributed by atoms with Crippen LogP contribution in [0.5, 0.6) is 5.75 Å². The zero-order valence-corrected chi connectivity index (χ0v) is 9.90. The van der Waals surface area contributed by atoms with Crippen LogP contribution in [0.4, 0.5) is 0 Å². The summed E-state index contributed by atoms with van der Waals surface area (Å²) in [4.78, 5) is 11.4. The number of esters is 1. The van der Waals surface area contributed by atoms with Crippen LogP contribution in [-0.2, 0) is 14.9 Å². The molecule has 0 saturated carbocycles. The van der Waals surface area contributed by atoms with Gasteiger partial charge in [-0.3, -0.25) is 4.55 Å². The number of aryl methyl sites for hydroxylation is 1. The average molecular weight is 260 g/mol. The number of phenols is 1. The Labute approximate surface area is 98.6 Å².